The van der Waals surface area contributed by atoms with Gasteiger partial charge in [-0.1, -0.05) is 72.8 Å². The van der Waals surface area contributed by atoms with E-state index in [2.05, 4.69) is 84.2 Å². The van der Waals surface area contributed by atoms with Crippen molar-refractivity contribution < 1.29 is 0 Å². The Morgan fingerprint density at radius 2 is 1.48 bits per heavy atom. The van der Waals surface area contributed by atoms with Crippen LogP contribution in [0.5, 0.6) is 0 Å². The largest absolute Gasteiger partial charge is 0.247 e. The first-order valence-corrected chi connectivity index (χ1v) is 9.77. The lowest BCUT2D eigenvalue weighted by Crippen LogP contribution is -1.91. The minimum atomic E-state index is 1.01. The number of aromatic nitrogens is 1. The van der Waals surface area contributed by atoms with E-state index in [0.29, 0.717) is 0 Å². The number of hydrogen-bond donors (Lipinski definition) is 0. The number of benzene rings is 3. The third kappa shape index (κ3) is 3.05. The molecule has 0 saturated heterocycles. The van der Waals surface area contributed by atoms with Gasteiger partial charge in [-0.15, -0.1) is 11.3 Å². The Morgan fingerprint density at radius 3 is 2.26 bits per heavy atom. The van der Waals surface area contributed by atoms with Crippen LogP contribution in [-0.4, -0.2) is 4.98 Å². The Hall–Kier alpha value is -3.23. The standard InChI is InChI=1S/C25H16NS/c1-2-7-20(8-3-1)25-22(17-21-9-4-5-10-23(21)26-25)18-12-14-19(15-13-18)24-11-6-16-27-24/h2-17H. The monoisotopic (exact) mass is 362 g/mol. The molecule has 3 aromatic carbocycles. The number of para-hydroxylation sites is 1. The van der Waals surface area contributed by atoms with E-state index in [1.54, 1.807) is 11.3 Å². The maximum atomic E-state index is 4.98. The van der Waals surface area contributed by atoms with Gasteiger partial charge in [0.05, 0.1) is 11.2 Å². The Balaban J connectivity index is 1.69. The molecule has 0 saturated carbocycles. The van der Waals surface area contributed by atoms with E-state index >= 15 is 0 Å². The Labute approximate surface area is 162 Å². The molecule has 0 unspecified atom stereocenters. The van der Waals surface area contributed by atoms with Gasteiger partial charge in [-0.25, -0.2) is 4.98 Å². The summed E-state index contributed by atoms with van der Waals surface area (Å²) >= 11 is 1.76. The highest BCUT2D eigenvalue weighted by atomic mass is 32.1. The van der Waals surface area contributed by atoms with Crippen LogP contribution in [0.3, 0.4) is 0 Å². The Morgan fingerprint density at radius 1 is 0.704 bits per heavy atom. The molecule has 27 heavy (non-hydrogen) atoms. The van der Waals surface area contributed by atoms with E-state index < -0.39 is 0 Å². The summed E-state index contributed by atoms with van der Waals surface area (Å²) in [5, 5.41) is 3.27. The minimum absolute atomic E-state index is 1.01. The van der Waals surface area contributed by atoms with Gasteiger partial charge in [-0.3, -0.25) is 0 Å². The zero-order chi connectivity index (χ0) is 18.1. The lowest BCUT2D eigenvalue weighted by molar-refractivity contribution is 1.39. The number of thiophene rings is 1. The SMILES string of the molecule is [c]1ccc(-c2nc3ccccc3cc2-c2ccc(-c3cccs3)cc2)cc1. The first-order chi connectivity index (χ1) is 13.4. The molecule has 0 aliphatic heterocycles. The fourth-order valence-corrected chi connectivity index (χ4v) is 4.09. The molecule has 5 rings (SSSR count). The molecule has 1 nitrogen and oxygen atoms in total. The molecule has 2 heteroatoms. The molecule has 0 N–H and O–H groups in total. The number of pyridine rings is 1. The van der Waals surface area contributed by atoms with Gasteiger partial charge in [-0.05, 0) is 40.8 Å². The summed E-state index contributed by atoms with van der Waals surface area (Å²) in [4.78, 5) is 6.27. The normalized spacial score (nSPS) is 11.0. The molecular formula is C25H16NS. The number of rotatable bonds is 3. The third-order valence-electron chi connectivity index (χ3n) is 4.72. The highest BCUT2D eigenvalue weighted by Crippen LogP contribution is 2.34. The Kier molecular flexibility index (Phi) is 4.04. The molecule has 0 amide bonds. The van der Waals surface area contributed by atoms with Gasteiger partial charge in [0.1, 0.15) is 0 Å². The van der Waals surface area contributed by atoms with Crippen LogP contribution in [0, 0.1) is 6.07 Å². The lowest BCUT2D eigenvalue weighted by Gasteiger charge is -2.12. The molecule has 0 bridgehead atoms. The summed E-state index contributed by atoms with van der Waals surface area (Å²) in [5.74, 6) is 0. The second kappa shape index (κ2) is 6.82. The molecule has 0 fully saturated rings. The second-order valence-electron chi connectivity index (χ2n) is 6.42. The van der Waals surface area contributed by atoms with Gasteiger partial charge in [-0.2, -0.15) is 0 Å². The van der Waals surface area contributed by atoms with Crippen molar-refractivity contribution in [1.29, 1.82) is 0 Å². The summed E-state index contributed by atoms with van der Waals surface area (Å²) < 4.78 is 0. The van der Waals surface area contributed by atoms with Crippen molar-refractivity contribution in [3.63, 3.8) is 0 Å². The maximum absolute atomic E-state index is 4.98. The average molecular weight is 362 g/mol. The average Bonchev–Trinajstić information content (AvgIpc) is 3.28. The molecular weight excluding hydrogens is 346 g/mol. The summed E-state index contributed by atoms with van der Waals surface area (Å²) in [6, 6.07) is 34.7. The first kappa shape index (κ1) is 16.0. The second-order valence-corrected chi connectivity index (χ2v) is 7.37. The van der Waals surface area contributed by atoms with Crippen LogP contribution in [-0.2, 0) is 0 Å². The van der Waals surface area contributed by atoms with E-state index in [-0.39, 0.29) is 0 Å². The molecule has 0 atom stereocenters. The quantitative estimate of drug-likeness (QED) is 0.334. The Bertz CT molecular complexity index is 1190. The van der Waals surface area contributed by atoms with Gasteiger partial charge >= 0.3 is 0 Å². The van der Waals surface area contributed by atoms with E-state index in [1.165, 1.54) is 16.0 Å². The predicted octanol–water partition coefficient (Wildman–Crippen LogP) is 7.10. The molecule has 127 valence electrons. The summed E-state index contributed by atoms with van der Waals surface area (Å²) in [6.45, 7) is 0. The van der Waals surface area contributed by atoms with Gasteiger partial charge in [0.2, 0.25) is 0 Å². The highest BCUT2D eigenvalue weighted by Gasteiger charge is 2.11. The van der Waals surface area contributed by atoms with Crippen LogP contribution in [0.15, 0.2) is 96.4 Å². The van der Waals surface area contributed by atoms with Crippen molar-refractivity contribution in [1.82, 2.24) is 4.98 Å². The fraction of sp³-hybridized carbons (Fsp3) is 0. The smallest absolute Gasteiger partial charge is 0.0788 e. The summed E-state index contributed by atoms with van der Waals surface area (Å²) in [5.41, 5.74) is 6.70. The van der Waals surface area contributed by atoms with Crippen molar-refractivity contribution >= 4 is 22.2 Å². The van der Waals surface area contributed by atoms with Crippen LogP contribution in [0.2, 0.25) is 0 Å². The summed E-state index contributed by atoms with van der Waals surface area (Å²) in [6.07, 6.45) is 0. The molecule has 0 aliphatic rings. The third-order valence-corrected chi connectivity index (χ3v) is 5.64. The van der Waals surface area contributed by atoms with Crippen LogP contribution in [0.4, 0.5) is 0 Å². The molecule has 2 heterocycles. The molecule has 1 radical (unpaired) electrons. The van der Waals surface area contributed by atoms with Crippen molar-refractivity contribution in [2.75, 3.05) is 0 Å². The molecule has 2 aromatic heterocycles. The van der Waals surface area contributed by atoms with Gasteiger partial charge in [0, 0.05) is 21.4 Å². The van der Waals surface area contributed by atoms with Gasteiger partial charge in [0.25, 0.3) is 0 Å². The maximum Gasteiger partial charge on any atom is 0.0788 e. The lowest BCUT2D eigenvalue weighted by atomic mass is 9.96. The number of hydrogen-bond acceptors (Lipinski definition) is 2. The van der Waals surface area contributed by atoms with Crippen molar-refractivity contribution in [3.8, 4) is 32.8 Å². The van der Waals surface area contributed by atoms with Crippen LogP contribution in [0.25, 0.3) is 43.7 Å². The first-order valence-electron chi connectivity index (χ1n) is 8.89. The fourth-order valence-electron chi connectivity index (χ4n) is 3.36. The zero-order valence-electron chi connectivity index (χ0n) is 14.6. The van der Waals surface area contributed by atoms with Crippen molar-refractivity contribution in [2.24, 2.45) is 0 Å². The molecule has 0 spiro atoms. The predicted molar refractivity (Wildman–Crippen MR) is 115 cm³/mol. The van der Waals surface area contributed by atoms with Crippen LogP contribution < -0.4 is 0 Å². The van der Waals surface area contributed by atoms with E-state index in [1.807, 2.05) is 18.2 Å². The highest BCUT2D eigenvalue weighted by molar-refractivity contribution is 7.13. The van der Waals surface area contributed by atoms with E-state index in [0.717, 1.165) is 27.7 Å². The van der Waals surface area contributed by atoms with Gasteiger partial charge in [0.15, 0.2) is 0 Å². The van der Waals surface area contributed by atoms with E-state index in [4.69, 9.17) is 4.98 Å². The van der Waals surface area contributed by atoms with E-state index in [9.17, 15) is 0 Å². The topological polar surface area (TPSA) is 12.9 Å². The summed E-state index contributed by atoms with van der Waals surface area (Å²) in [7, 11) is 0. The number of fused-ring (bicyclic) bond motifs is 1. The molecule has 0 aliphatic carbocycles. The number of nitrogens with zero attached hydrogens (tertiary/aromatic N) is 1. The van der Waals surface area contributed by atoms with Crippen LogP contribution in [0.1, 0.15) is 0 Å². The van der Waals surface area contributed by atoms with Crippen molar-refractivity contribution in [3.05, 3.63) is 102 Å². The van der Waals surface area contributed by atoms with Gasteiger partial charge < -0.3 is 0 Å². The molecule has 5 aromatic rings. The van der Waals surface area contributed by atoms with Crippen molar-refractivity contribution in [2.45, 2.75) is 0 Å². The zero-order valence-corrected chi connectivity index (χ0v) is 15.4. The van der Waals surface area contributed by atoms with Crippen LogP contribution >= 0.6 is 11.3 Å². The minimum Gasteiger partial charge on any atom is -0.247 e.